The number of methoxy groups -OCH3 is 1. The van der Waals surface area contributed by atoms with Crippen LogP contribution >= 0.6 is 0 Å². The lowest BCUT2D eigenvalue weighted by molar-refractivity contribution is -0.123. The number of sulfone groups is 1. The molecule has 1 amide bonds. The van der Waals surface area contributed by atoms with E-state index in [4.69, 9.17) is 4.74 Å². The number of rotatable bonds is 5. The van der Waals surface area contributed by atoms with Gasteiger partial charge in [-0.2, -0.15) is 0 Å². The fraction of sp³-hybridized carbons (Fsp3) is 0.588. The average molecular weight is 352 g/mol. The van der Waals surface area contributed by atoms with Crippen molar-refractivity contribution >= 4 is 21.4 Å². The molecule has 7 heteroatoms. The zero-order valence-electron chi connectivity index (χ0n) is 14.1. The lowest BCUT2D eigenvalue weighted by atomic mass is 10.0. The summed E-state index contributed by atoms with van der Waals surface area (Å²) in [6.45, 7) is 3.15. The molecule has 132 valence electrons. The number of amides is 1. The molecule has 2 aliphatic rings. The van der Waals surface area contributed by atoms with Crippen molar-refractivity contribution in [2.24, 2.45) is 0 Å². The van der Waals surface area contributed by atoms with Gasteiger partial charge in [-0.15, -0.1) is 0 Å². The molecule has 6 nitrogen and oxygen atoms in total. The molecule has 2 atom stereocenters. The molecule has 1 aromatic carbocycles. The molecule has 3 rings (SSSR count). The highest BCUT2D eigenvalue weighted by molar-refractivity contribution is 7.91. The molecular weight excluding hydrogens is 328 g/mol. The minimum absolute atomic E-state index is 0.0328. The van der Waals surface area contributed by atoms with Crippen molar-refractivity contribution < 1.29 is 17.9 Å². The van der Waals surface area contributed by atoms with Crippen LogP contribution in [0.4, 0.5) is 5.69 Å². The summed E-state index contributed by atoms with van der Waals surface area (Å²) in [5, 5.41) is 0. The Morgan fingerprint density at radius 3 is 2.46 bits per heavy atom. The van der Waals surface area contributed by atoms with Crippen LogP contribution < -0.4 is 9.64 Å². The largest absolute Gasteiger partial charge is 0.497 e. The van der Waals surface area contributed by atoms with Crippen molar-refractivity contribution in [3.05, 3.63) is 24.3 Å². The first kappa shape index (κ1) is 17.2. The molecule has 1 aromatic rings. The first-order valence-electron chi connectivity index (χ1n) is 8.36. The second-order valence-corrected chi connectivity index (χ2v) is 8.65. The van der Waals surface area contributed by atoms with Gasteiger partial charge in [-0.25, -0.2) is 8.42 Å². The number of hydrogen-bond donors (Lipinski definition) is 0. The number of nitrogens with zero attached hydrogens (tertiary/aromatic N) is 2. The topological polar surface area (TPSA) is 66.9 Å². The first-order valence-corrected chi connectivity index (χ1v) is 10.2. The van der Waals surface area contributed by atoms with E-state index >= 15 is 0 Å². The van der Waals surface area contributed by atoms with Crippen LogP contribution in [0.5, 0.6) is 5.75 Å². The number of fused-ring (bicyclic) bond motifs is 1. The van der Waals surface area contributed by atoms with Crippen molar-refractivity contribution in [1.29, 1.82) is 0 Å². The van der Waals surface area contributed by atoms with Gasteiger partial charge in [-0.1, -0.05) is 13.3 Å². The van der Waals surface area contributed by atoms with E-state index in [-0.39, 0.29) is 36.0 Å². The Kier molecular flexibility index (Phi) is 4.83. The van der Waals surface area contributed by atoms with Crippen molar-refractivity contribution in [2.45, 2.75) is 31.8 Å². The maximum absolute atomic E-state index is 12.7. The van der Waals surface area contributed by atoms with Crippen LogP contribution in [-0.4, -0.2) is 63.0 Å². The molecule has 24 heavy (non-hydrogen) atoms. The van der Waals surface area contributed by atoms with E-state index in [1.54, 1.807) is 24.1 Å². The van der Waals surface area contributed by atoms with Gasteiger partial charge in [-0.3, -0.25) is 9.69 Å². The molecule has 2 saturated heterocycles. The van der Waals surface area contributed by atoms with Crippen LogP contribution in [0.25, 0.3) is 0 Å². The SMILES string of the molecule is CCCCN1CC(=O)N(c2ccc(OC)cc2)[C@@H]2CS(=O)(=O)C[C@@H]21. The molecule has 0 bridgehead atoms. The Hall–Kier alpha value is -1.60. The summed E-state index contributed by atoms with van der Waals surface area (Å²) in [5.41, 5.74) is 0.739. The Balaban J connectivity index is 1.91. The Bertz CT molecular complexity index is 702. The Labute approximate surface area is 143 Å². The van der Waals surface area contributed by atoms with Crippen molar-refractivity contribution in [1.82, 2.24) is 4.90 Å². The number of anilines is 1. The maximum Gasteiger partial charge on any atom is 0.241 e. The molecule has 0 saturated carbocycles. The number of ether oxygens (including phenoxy) is 1. The van der Waals surface area contributed by atoms with Crippen molar-refractivity contribution in [3.63, 3.8) is 0 Å². The minimum atomic E-state index is -3.12. The molecule has 0 spiro atoms. The summed E-state index contributed by atoms with van der Waals surface area (Å²) >= 11 is 0. The van der Waals surface area contributed by atoms with Crippen LogP contribution in [0, 0.1) is 0 Å². The van der Waals surface area contributed by atoms with Crippen molar-refractivity contribution in [3.8, 4) is 5.75 Å². The monoisotopic (exact) mass is 352 g/mol. The molecule has 2 aliphatic heterocycles. The third-order valence-corrected chi connectivity index (χ3v) is 6.55. The second kappa shape index (κ2) is 6.72. The molecule has 0 N–H and O–H groups in total. The molecule has 0 unspecified atom stereocenters. The first-order chi connectivity index (χ1) is 11.4. The average Bonchev–Trinajstić information content (AvgIpc) is 2.88. The van der Waals surface area contributed by atoms with Gasteiger partial charge in [0.1, 0.15) is 5.75 Å². The molecule has 0 radical (unpaired) electrons. The zero-order chi connectivity index (χ0) is 17.3. The fourth-order valence-corrected chi connectivity index (χ4v) is 5.62. The quantitative estimate of drug-likeness (QED) is 0.799. The van der Waals surface area contributed by atoms with E-state index in [2.05, 4.69) is 11.8 Å². The van der Waals surface area contributed by atoms with Crippen LogP contribution in [0.15, 0.2) is 24.3 Å². The summed E-state index contributed by atoms with van der Waals surface area (Å²) in [4.78, 5) is 16.5. The Morgan fingerprint density at radius 2 is 1.83 bits per heavy atom. The highest BCUT2D eigenvalue weighted by Crippen LogP contribution is 2.32. The number of unbranched alkanes of at least 4 members (excludes halogenated alkanes) is 1. The van der Waals surface area contributed by atoms with Gasteiger partial charge in [-0.05, 0) is 37.2 Å². The highest BCUT2D eigenvalue weighted by Gasteiger charge is 2.49. The molecule has 2 fully saturated rings. The smallest absolute Gasteiger partial charge is 0.241 e. The summed E-state index contributed by atoms with van der Waals surface area (Å²) in [5.74, 6) is 0.859. The lowest BCUT2D eigenvalue weighted by Crippen LogP contribution is -2.62. The molecule has 2 heterocycles. The fourth-order valence-electron chi connectivity index (χ4n) is 3.64. The van der Waals surface area contributed by atoms with Crippen LogP contribution in [0.3, 0.4) is 0 Å². The van der Waals surface area contributed by atoms with Crippen LogP contribution in [0.2, 0.25) is 0 Å². The Morgan fingerprint density at radius 1 is 1.17 bits per heavy atom. The number of benzene rings is 1. The third-order valence-electron chi connectivity index (χ3n) is 4.85. The van der Waals surface area contributed by atoms with Gasteiger partial charge >= 0.3 is 0 Å². The van der Waals surface area contributed by atoms with Gasteiger partial charge in [0.25, 0.3) is 0 Å². The van der Waals surface area contributed by atoms with E-state index in [0.717, 1.165) is 25.1 Å². The van der Waals surface area contributed by atoms with E-state index in [1.807, 2.05) is 12.1 Å². The number of carbonyl (C=O) groups is 1. The van der Waals surface area contributed by atoms with Crippen LogP contribution in [0.1, 0.15) is 19.8 Å². The van der Waals surface area contributed by atoms with E-state index in [1.165, 1.54) is 0 Å². The molecule has 0 aromatic heterocycles. The molecule has 0 aliphatic carbocycles. The maximum atomic E-state index is 12.7. The predicted molar refractivity (Wildman–Crippen MR) is 93.2 cm³/mol. The summed E-state index contributed by atoms with van der Waals surface area (Å²) in [7, 11) is -1.53. The van der Waals surface area contributed by atoms with Gasteiger partial charge in [0, 0.05) is 11.7 Å². The second-order valence-electron chi connectivity index (χ2n) is 6.50. The zero-order valence-corrected chi connectivity index (χ0v) is 15.0. The highest BCUT2D eigenvalue weighted by atomic mass is 32.2. The van der Waals surface area contributed by atoms with Crippen molar-refractivity contribution in [2.75, 3.05) is 36.6 Å². The predicted octanol–water partition coefficient (Wildman–Crippen LogP) is 1.31. The molecular formula is C17H24N2O4S. The van der Waals surface area contributed by atoms with Gasteiger partial charge < -0.3 is 9.64 Å². The van der Waals surface area contributed by atoms with E-state index in [9.17, 15) is 13.2 Å². The number of carbonyl (C=O) groups excluding carboxylic acids is 1. The standard InChI is InChI=1S/C17H24N2O4S/c1-3-4-9-18-10-17(20)19(13-5-7-14(23-2)8-6-13)16-12-24(21,22)11-15(16)18/h5-8,15-16H,3-4,9-12H2,1-2H3/t15-,16+/m0/s1. The van der Waals surface area contributed by atoms with Gasteiger partial charge in [0.05, 0.1) is 31.2 Å². The van der Waals surface area contributed by atoms with Gasteiger partial charge in [0.2, 0.25) is 5.91 Å². The van der Waals surface area contributed by atoms with E-state index < -0.39 is 9.84 Å². The normalized spacial score (nSPS) is 26.4. The summed E-state index contributed by atoms with van der Waals surface area (Å²) in [6, 6.07) is 6.82. The van der Waals surface area contributed by atoms with Gasteiger partial charge in [0.15, 0.2) is 9.84 Å². The van der Waals surface area contributed by atoms with E-state index in [0.29, 0.717) is 5.75 Å². The minimum Gasteiger partial charge on any atom is -0.497 e. The lowest BCUT2D eigenvalue weighted by Gasteiger charge is -2.43. The van der Waals surface area contributed by atoms with Crippen LogP contribution in [-0.2, 0) is 14.6 Å². The summed E-state index contributed by atoms with van der Waals surface area (Å²) in [6.07, 6.45) is 2.00. The third kappa shape index (κ3) is 3.28. The summed E-state index contributed by atoms with van der Waals surface area (Å²) < 4.78 is 29.6. The number of hydrogen-bond acceptors (Lipinski definition) is 5. The number of piperazine rings is 1.